The second kappa shape index (κ2) is 8.63. The van der Waals surface area contributed by atoms with Crippen molar-refractivity contribution in [2.75, 3.05) is 14.2 Å². The molecule has 0 saturated heterocycles. The molecule has 0 fully saturated rings. The summed E-state index contributed by atoms with van der Waals surface area (Å²) < 4.78 is 175. The summed E-state index contributed by atoms with van der Waals surface area (Å²) in [5, 5.41) is 0. The highest BCUT2D eigenvalue weighted by atomic mass is 28.4. The van der Waals surface area contributed by atoms with Crippen LogP contribution in [-0.2, 0) is 13.3 Å². The Morgan fingerprint density at radius 3 is 1.40 bits per heavy atom. The first kappa shape index (κ1) is 29.2. The molecule has 0 aliphatic heterocycles. The van der Waals surface area contributed by atoms with E-state index in [-0.39, 0.29) is 0 Å². The SMILES string of the molecule is CCCC(O[Si](O)(OC)OC)C(F)(F)C(F)(F)C(F)(F)C(F)(F)C(F)(F)C(C)(F)F. The van der Waals surface area contributed by atoms with E-state index in [0.717, 1.165) is 6.92 Å². The largest absolute Gasteiger partial charge is 0.676 e. The number of rotatable bonds is 12. The lowest BCUT2D eigenvalue weighted by molar-refractivity contribution is -0.429. The standard InChI is InChI=1S/C13H18F12O4Si/c1-5-6-7(29-30(26,27-3)28-4)9(16,17)11(20,21)13(24,25)12(22,23)10(18,19)8(2,14)15/h7,26H,5-6H2,1-4H3. The fraction of sp³-hybridized carbons (Fsp3) is 1.00. The first-order chi connectivity index (χ1) is 13.0. The summed E-state index contributed by atoms with van der Waals surface area (Å²) in [6, 6.07) is 0. The van der Waals surface area contributed by atoms with Gasteiger partial charge in [-0.2, -0.15) is 52.7 Å². The summed E-state index contributed by atoms with van der Waals surface area (Å²) in [5.74, 6) is -42.3. The first-order valence-electron chi connectivity index (χ1n) is 7.81. The molecule has 1 unspecified atom stereocenters. The minimum atomic E-state index is -7.71. The van der Waals surface area contributed by atoms with E-state index in [9.17, 15) is 57.5 Å². The van der Waals surface area contributed by atoms with Crippen LogP contribution < -0.4 is 0 Å². The molecule has 0 aromatic heterocycles. The van der Waals surface area contributed by atoms with Crippen LogP contribution in [0.15, 0.2) is 0 Å². The van der Waals surface area contributed by atoms with Crippen molar-refractivity contribution in [3.05, 3.63) is 0 Å². The molecule has 0 aliphatic carbocycles. The molecule has 0 aromatic carbocycles. The van der Waals surface area contributed by atoms with Gasteiger partial charge in [0.2, 0.25) is 0 Å². The van der Waals surface area contributed by atoms with Crippen LogP contribution in [0.25, 0.3) is 0 Å². The van der Waals surface area contributed by atoms with Gasteiger partial charge in [-0.25, -0.2) is 0 Å². The molecular formula is C13H18F12O4Si. The van der Waals surface area contributed by atoms with E-state index in [1.165, 1.54) is 0 Å². The van der Waals surface area contributed by atoms with Crippen LogP contribution >= 0.6 is 0 Å². The number of alkyl halides is 12. The average molecular weight is 494 g/mol. The average Bonchev–Trinajstić information content (AvgIpc) is 2.59. The Morgan fingerprint density at radius 1 is 0.733 bits per heavy atom. The zero-order chi connectivity index (χ0) is 24.6. The summed E-state index contributed by atoms with van der Waals surface area (Å²) >= 11 is 0. The van der Waals surface area contributed by atoms with Gasteiger partial charge in [-0.15, -0.1) is 0 Å². The number of hydrogen-bond donors (Lipinski definition) is 1. The van der Waals surface area contributed by atoms with Crippen LogP contribution in [0.3, 0.4) is 0 Å². The summed E-state index contributed by atoms with van der Waals surface area (Å²) in [6.45, 7) is 0.0303. The van der Waals surface area contributed by atoms with Crippen molar-refractivity contribution in [1.29, 1.82) is 0 Å². The third-order valence-corrected chi connectivity index (χ3v) is 5.53. The Bertz CT molecular complexity index is 577. The van der Waals surface area contributed by atoms with Gasteiger partial charge in [0.25, 0.3) is 0 Å². The molecule has 4 nitrogen and oxygen atoms in total. The van der Waals surface area contributed by atoms with E-state index in [0.29, 0.717) is 14.2 Å². The van der Waals surface area contributed by atoms with Crippen LogP contribution in [0.5, 0.6) is 0 Å². The van der Waals surface area contributed by atoms with Gasteiger partial charge in [-0.05, 0) is 6.42 Å². The van der Waals surface area contributed by atoms with Crippen LogP contribution in [0.4, 0.5) is 52.7 Å². The molecule has 0 aromatic rings. The predicted molar refractivity (Wildman–Crippen MR) is 77.1 cm³/mol. The lowest BCUT2D eigenvalue weighted by Crippen LogP contribution is -2.72. The topological polar surface area (TPSA) is 47.9 Å². The molecule has 0 radical (unpaired) electrons. The summed E-state index contributed by atoms with van der Waals surface area (Å²) in [4.78, 5) is 9.59. The number of halogens is 12. The highest BCUT2D eigenvalue weighted by Gasteiger charge is 2.90. The quantitative estimate of drug-likeness (QED) is 0.315. The van der Waals surface area contributed by atoms with Crippen molar-refractivity contribution >= 4 is 9.05 Å². The van der Waals surface area contributed by atoms with Gasteiger partial charge in [-0.3, -0.25) is 0 Å². The van der Waals surface area contributed by atoms with Crippen molar-refractivity contribution in [2.45, 2.75) is 68.3 Å². The van der Waals surface area contributed by atoms with Crippen LogP contribution in [-0.4, -0.2) is 69.7 Å². The van der Waals surface area contributed by atoms with Gasteiger partial charge in [0.1, 0.15) is 6.10 Å². The molecule has 0 rings (SSSR count). The fourth-order valence-corrected chi connectivity index (χ4v) is 3.00. The van der Waals surface area contributed by atoms with Crippen molar-refractivity contribution in [3.8, 4) is 0 Å². The molecule has 1 atom stereocenters. The van der Waals surface area contributed by atoms with Gasteiger partial charge in [-0.1, -0.05) is 13.3 Å². The van der Waals surface area contributed by atoms with Crippen LogP contribution in [0, 0.1) is 0 Å². The zero-order valence-electron chi connectivity index (χ0n) is 15.7. The maximum atomic E-state index is 14.2. The third-order valence-electron chi connectivity index (χ3n) is 3.92. The Morgan fingerprint density at radius 2 is 1.10 bits per heavy atom. The Hall–Kier alpha value is -0.783. The van der Waals surface area contributed by atoms with E-state index in [4.69, 9.17) is 0 Å². The summed E-state index contributed by atoms with van der Waals surface area (Å²) in [6.07, 6.45) is -5.39. The van der Waals surface area contributed by atoms with E-state index >= 15 is 0 Å². The van der Waals surface area contributed by atoms with Gasteiger partial charge < -0.3 is 18.1 Å². The summed E-state index contributed by atoms with van der Waals surface area (Å²) in [5.41, 5.74) is 0. The Kier molecular flexibility index (Phi) is 8.40. The molecular weight excluding hydrogens is 476 g/mol. The minimum Gasteiger partial charge on any atom is -0.367 e. The zero-order valence-corrected chi connectivity index (χ0v) is 16.7. The first-order valence-corrected chi connectivity index (χ1v) is 9.48. The second-order valence-corrected chi connectivity index (χ2v) is 8.24. The molecule has 1 N–H and O–H groups in total. The maximum Gasteiger partial charge on any atom is 0.676 e. The lowest BCUT2D eigenvalue weighted by Gasteiger charge is -2.43. The molecule has 0 bridgehead atoms. The monoisotopic (exact) mass is 494 g/mol. The van der Waals surface area contributed by atoms with Gasteiger partial charge in [0, 0.05) is 21.1 Å². The molecule has 0 saturated carbocycles. The smallest absolute Gasteiger partial charge is 0.367 e. The third kappa shape index (κ3) is 4.54. The summed E-state index contributed by atoms with van der Waals surface area (Å²) in [7, 11) is -4.03. The second-order valence-electron chi connectivity index (χ2n) is 6.14. The fourth-order valence-electron chi connectivity index (χ4n) is 2.02. The van der Waals surface area contributed by atoms with Crippen LogP contribution in [0.2, 0.25) is 0 Å². The Labute approximate surface area is 163 Å². The van der Waals surface area contributed by atoms with E-state index in [1.54, 1.807) is 0 Å². The van der Waals surface area contributed by atoms with Crippen molar-refractivity contribution < 1.29 is 70.8 Å². The Balaban J connectivity index is 6.49. The van der Waals surface area contributed by atoms with Gasteiger partial charge >= 0.3 is 44.6 Å². The van der Waals surface area contributed by atoms with E-state index < -0.39 is 70.5 Å². The molecule has 0 aliphatic rings. The van der Waals surface area contributed by atoms with Gasteiger partial charge in [0.05, 0.1) is 0 Å². The highest BCUT2D eigenvalue weighted by Crippen LogP contribution is 2.60. The van der Waals surface area contributed by atoms with Crippen molar-refractivity contribution in [2.24, 2.45) is 0 Å². The molecule has 182 valence electrons. The molecule has 0 heterocycles. The highest BCUT2D eigenvalue weighted by molar-refractivity contribution is 6.51. The molecule has 17 heteroatoms. The van der Waals surface area contributed by atoms with Crippen molar-refractivity contribution in [3.63, 3.8) is 0 Å². The molecule has 0 spiro atoms. The lowest BCUT2D eigenvalue weighted by atomic mass is 9.89. The van der Waals surface area contributed by atoms with E-state index in [2.05, 4.69) is 13.3 Å². The van der Waals surface area contributed by atoms with Crippen molar-refractivity contribution in [1.82, 2.24) is 0 Å². The van der Waals surface area contributed by atoms with Gasteiger partial charge in [0.15, 0.2) is 0 Å². The normalized spacial score (nSPS) is 16.7. The molecule has 30 heavy (non-hydrogen) atoms. The van der Waals surface area contributed by atoms with E-state index in [1.807, 2.05) is 0 Å². The predicted octanol–water partition coefficient (Wildman–Crippen LogP) is 4.72. The molecule has 0 amide bonds. The number of hydrogen-bond acceptors (Lipinski definition) is 4. The maximum absolute atomic E-state index is 14.2. The minimum absolute atomic E-state index is 0.556. The van der Waals surface area contributed by atoms with Crippen LogP contribution in [0.1, 0.15) is 26.7 Å².